The number of carbonyl (C=O) groups excluding carboxylic acids is 1. The van der Waals surface area contributed by atoms with Gasteiger partial charge in [-0.1, -0.05) is 6.07 Å². The van der Waals surface area contributed by atoms with E-state index in [4.69, 9.17) is 4.74 Å². The Balaban J connectivity index is 2.37. The lowest BCUT2D eigenvalue weighted by Gasteiger charge is -2.31. The number of hydrogen-bond acceptors (Lipinski definition) is 3. The van der Waals surface area contributed by atoms with Gasteiger partial charge < -0.3 is 14.8 Å². The lowest BCUT2D eigenvalue weighted by Crippen LogP contribution is -2.49. The van der Waals surface area contributed by atoms with Gasteiger partial charge in [0.2, 0.25) is 0 Å². The number of hydrogen-bond donors (Lipinski definition) is 1. The molecular weight excluding hydrogens is 251 g/mol. The molecule has 7 heteroatoms. The van der Waals surface area contributed by atoms with Crippen molar-refractivity contribution in [3.63, 3.8) is 0 Å². The molecule has 0 radical (unpaired) electrons. The Labute approximate surface area is 101 Å². The van der Waals surface area contributed by atoms with E-state index < -0.39 is 30.5 Å². The van der Waals surface area contributed by atoms with Crippen LogP contribution in [0.1, 0.15) is 11.6 Å². The third-order valence-electron chi connectivity index (χ3n) is 2.59. The number of benzene rings is 1. The first-order valence-electron chi connectivity index (χ1n) is 5.08. The molecule has 1 aliphatic rings. The summed E-state index contributed by atoms with van der Waals surface area (Å²) in [6, 6.07) is 1.74. The summed E-state index contributed by atoms with van der Waals surface area (Å²) in [7, 11) is 1.23. The zero-order valence-electron chi connectivity index (χ0n) is 9.38. The maximum Gasteiger partial charge on any atom is 0.408 e. The number of halogens is 3. The summed E-state index contributed by atoms with van der Waals surface area (Å²) in [6.07, 6.45) is -0.936. The van der Waals surface area contributed by atoms with Crippen LogP contribution in [0.5, 0.6) is 5.75 Å². The minimum absolute atomic E-state index is 0.0508. The molecule has 1 aliphatic heterocycles. The van der Waals surface area contributed by atoms with Crippen LogP contribution in [-0.2, 0) is 4.74 Å². The zero-order chi connectivity index (χ0) is 13.3. The van der Waals surface area contributed by atoms with E-state index in [1.54, 1.807) is 0 Å². The van der Waals surface area contributed by atoms with Gasteiger partial charge in [-0.2, -0.15) is 0 Å². The number of methoxy groups -OCH3 is 1. The molecule has 0 spiro atoms. The summed E-state index contributed by atoms with van der Waals surface area (Å²) in [5, 5.41) is 2.00. The fraction of sp³-hybridized carbons (Fsp3) is 0.364. The van der Waals surface area contributed by atoms with E-state index in [1.807, 2.05) is 5.32 Å². The lowest BCUT2D eigenvalue weighted by atomic mass is 10.00. The molecule has 1 aromatic rings. The van der Waals surface area contributed by atoms with Crippen molar-refractivity contribution < 1.29 is 27.4 Å². The first-order valence-corrected chi connectivity index (χ1v) is 5.08. The van der Waals surface area contributed by atoms with E-state index in [2.05, 4.69) is 4.74 Å². The van der Waals surface area contributed by atoms with Gasteiger partial charge in [-0.25, -0.2) is 18.0 Å². The van der Waals surface area contributed by atoms with Gasteiger partial charge in [-0.15, -0.1) is 0 Å². The minimum Gasteiger partial charge on any atom is -0.494 e. The molecule has 1 fully saturated rings. The standard InChI is InChI=1S/C11H10F3NO3/c1-17-8-4-6(2-3-7(8)12)9-11(13,14)5-18-10(16)15-9/h2-4,9H,5H2,1H3,(H,15,16)/t9-/m1/s1. The summed E-state index contributed by atoms with van der Waals surface area (Å²) in [5.74, 6) is -4.09. The highest BCUT2D eigenvalue weighted by atomic mass is 19.3. The maximum absolute atomic E-state index is 13.6. The highest BCUT2D eigenvalue weighted by molar-refractivity contribution is 5.69. The van der Waals surface area contributed by atoms with Crippen LogP contribution in [0.3, 0.4) is 0 Å². The average molecular weight is 261 g/mol. The Morgan fingerprint density at radius 3 is 2.89 bits per heavy atom. The second-order valence-electron chi connectivity index (χ2n) is 3.81. The Morgan fingerprint density at radius 2 is 2.22 bits per heavy atom. The van der Waals surface area contributed by atoms with Crippen molar-refractivity contribution >= 4 is 6.09 Å². The van der Waals surface area contributed by atoms with Gasteiger partial charge in [0.05, 0.1) is 7.11 Å². The molecule has 1 saturated heterocycles. The number of cyclic esters (lactones) is 1. The van der Waals surface area contributed by atoms with Crippen LogP contribution in [-0.4, -0.2) is 25.7 Å². The van der Waals surface area contributed by atoms with Crippen LogP contribution >= 0.6 is 0 Å². The molecule has 1 N–H and O–H groups in total. The second kappa shape index (κ2) is 4.40. The van der Waals surface area contributed by atoms with Crippen LogP contribution in [0, 0.1) is 5.82 Å². The van der Waals surface area contributed by atoms with E-state index in [0.29, 0.717) is 0 Å². The topological polar surface area (TPSA) is 47.6 Å². The zero-order valence-corrected chi connectivity index (χ0v) is 9.38. The second-order valence-corrected chi connectivity index (χ2v) is 3.81. The molecular formula is C11H10F3NO3. The first-order chi connectivity index (χ1) is 8.44. The van der Waals surface area contributed by atoms with Crippen LogP contribution in [0.25, 0.3) is 0 Å². The van der Waals surface area contributed by atoms with E-state index in [1.165, 1.54) is 13.2 Å². The monoisotopic (exact) mass is 261 g/mol. The number of nitrogens with one attached hydrogen (secondary N) is 1. The van der Waals surface area contributed by atoms with Crippen molar-refractivity contribution in [1.82, 2.24) is 5.32 Å². The smallest absolute Gasteiger partial charge is 0.408 e. The molecule has 1 amide bonds. The lowest BCUT2D eigenvalue weighted by molar-refractivity contribution is -0.104. The van der Waals surface area contributed by atoms with Crippen molar-refractivity contribution in [3.05, 3.63) is 29.6 Å². The molecule has 1 atom stereocenters. The minimum atomic E-state index is -3.27. The Bertz CT molecular complexity index is 479. The number of rotatable bonds is 2. The van der Waals surface area contributed by atoms with Gasteiger partial charge >= 0.3 is 12.0 Å². The number of ether oxygens (including phenoxy) is 2. The number of carbonyl (C=O) groups is 1. The van der Waals surface area contributed by atoms with Crippen molar-refractivity contribution in [2.45, 2.75) is 12.0 Å². The van der Waals surface area contributed by atoms with Crippen molar-refractivity contribution in [1.29, 1.82) is 0 Å². The maximum atomic E-state index is 13.6. The predicted octanol–water partition coefficient (Wildman–Crippen LogP) is 2.25. The highest BCUT2D eigenvalue weighted by Gasteiger charge is 2.46. The number of alkyl carbamates (subject to hydrolysis) is 1. The average Bonchev–Trinajstić information content (AvgIpc) is 2.33. The summed E-state index contributed by atoms with van der Waals surface area (Å²) >= 11 is 0. The van der Waals surface area contributed by atoms with Crippen molar-refractivity contribution in [2.75, 3.05) is 13.7 Å². The molecule has 18 heavy (non-hydrogen) atoms. The van der Waals surface area contributed by atoms with E-state index >= 15 is 0 Å². The van der Waals surface area contributed by atoms with Crippen LogP contribution < -0.4 is 10.1 Å². The van der Waals surface area contributed by atoms with Gasteiger partial charge in [0.25, 0.3) is 0 Å². The Morgan fingerprint density at radius 1 is 1.50 bits per heavy atom. The van der Waals surface area contributed by atoms with Crippen LogP contribution in [0.15, 0.2) is 18.2 Å². The largest absolute Gasteiger partial charge is 0.494 e. The normalized spacial score (nSPS) is 22.0. The first kappa shape index (κ1) is 12.5. The molecule has 1 aromatic carbocycles. The van der Waals surface area contributed by atoms with E-state index in [0.717, 1.165) is 12.1 Å². The van der Waals surface area contributed by atoms with Gasteiger partial charge in [0.15, 0.2) is 18.2 Å². The molecule has 98 valence electrons. The van der Waals surface area contributed by atoms with Gasteiger partial charge in [0, 0.05) is 0 Å². The van der Waals surface area contributed by atoms with Crippen LogP contribution in [0.2, 0.25) is 0 Å². The summed E-state index contributed by atoms with van der Waals surface area (Å²) < 4.78 is 49.3. The summed E-state index contributed by atoms with van der Waals surface area (Å²) in [6.45, 7) is -1.01. The van der Waals surface area contributed by atoms with E-state index in [9.17, 15) is 18.0 Å². The van der Waals surface area contributed by atoms with Gasteiger partial charge in [-0.05, 0) is 17.7 Å². The summed E-state index contributed by atoms with van der Waals surface area (Å²) in [5.41, 5.74) is 0.0508. The van der Waals surface area contributed by atoms with Crippen molar-refractivity contribution in [3.8, 4) is 5.75 Å². The molecule has 0 saturated carbocycles. The third-order valence-corrected chi connectivity index (χ3v) is 2.59. The predicted molar refractivity (Wildman–Crippen MR) is 55.1 cm³/mol. The fourth-order valence-electron chi connectivity index (χ4n) is 1.69. The Kier molecular flexibility index (Phi) is 3.06. The van der Waals surface area contributed by atoms with Crippen LogP contribution in [0.4, 0.5) is 18.0 Å². The van der Waals surface area contributed by atoms with Gasteiger partial charge in [0.1, 0.15) is 6.04 Å². The number of amides is 1. The molecule has 0 aliphatic carbocycles. The molecule has 4 nitrogen and oxygen atoms in total. The molecule has 1 heterocycles. The van der Waals surface area contributed by atoms with E-state index in [-0.39, 0.29) is 11.3 Å². The molecule has 0 bridgehead atoms. The third kappa shape index (κ3) is 2.20. The van der Waals surface area contributed by atoms with Crippen molar-refractivity contribution in [2.24, 2.45) is 0 Å². The SMILES string of the molecule is COc1cc([C@H]2NC(=O)OCC2(F)F)ccc1F. The Hall–Kier alpha value is -1.92. The summed E-state index contributed by atoms with van der Waals surface area (Å²) in [4.78, 5) is 11.0. The molecule has 0 unspecified atom stereocenters. The highest BCUT2D eigenvalue weighted by Crippen LogP contribution is 2.36. The quantitative estimate of drug-likeness (QED) is 0.888. The van der Waals surface area contributed by atoms with Gasteiger partial charge in [-0.3, -0.25) is 0 Å². The number of alkyl halides is 2. The fourth-order valence-corrected chi connectivity index (χ4v) is 1.69. The molecule has 0 aromatic heterocycles. The molecule has 2 rings (SSSR count).